The van der Waals surface area contributed by atoms with E-state index in [-0.39, 0.29) is 11.9 Å². The fourth-order valence-corrected chi connectivity index (χ4v) is 3.43. The van der Waals surface area contributed by atoms with E-state index in [0.717, 1.165) is 41.6 Å². The molecule has 0 radical (unpaired) electrons. The number of carbonyl (C=O) groups is 1. The van der Waals surface area contributed by atoms with Gasteiger partial charge in [-0.25, -0.2) is 9.97 Å². The van der Waals surface area contributed by atoms with Crippen molar-refractivity contribution in [2.24, 2.45) is 7.05 Å². The molecule has 3 aromatic rings. The van der Waals surface area contributed by atoms with Crippen molar-refractivity contribution in [1.82, 2.24) is 24.8 Å². The molecule has 1 N–H and O–H groups in total. The molecule has 0 unspecified atom stereocenters. The molecule has 132 valence electrons. The quantitative estimate of drug-likeness (QED) is 0.787. The van der Waals surface area contributed by atoms with Crippen molar-refractivity contribution in [3.8, 4) is 11.4 Å². The van der Waals surface area contributed by atoms with Crippen LogP contribution in [0.1, 0.15) is 35.7 Å². The lowest BCUT2D eigenvalue weighted by Gasteiger charge is -2.25. The molecule has 26 heavy (non-hydrogen) atoms. The number of nitrogens with zero attached hydrogens (tertiary/aromatic N) is 4. The molecular weight excluding hydrogens is 326 g/mol. The number of hydrogen-bond acceptors (Lipinski definition) is 4. The highest BCUT2D eigenvalue weighted by Gasteiger charge is 2.24. The van der Waals surface area contributed by atoms with E-state index in [2.05, 4.69) is 15.3 Å². The number of pyridine rings is 1. The predicted octanol–water partition coefficient (Wildman–Crippen LogP) is 2.61. The van der Waals surface area contributed by atoms with Gasteiger partial charge in [-0.2, -0.15) is 0 Å². The van der Waals surface area contributed by atoms with Crippen molar-refractivity contribution in [2.75, 3.05) is 0 Å². The van der Waals surface area contributed by atoms with Crippen molar-refractivity contribution in [3.05, 3.63) is 66.0 Å². The van der Waals surface area contributed by atoms with Crippen LogP contribution in [0, 0.1) is 0 Å². The van der Waals surface area contributed by atoms with Gasteiger partial charge in [-0.15, -0.1) is 0 Å². The summed E-state index contributed by atoms with van der Waals surface area (Å²) in [6, 6.07) is 5.79. The maximum absolute atomic E-state index is 12.4. The van der Waals surface area contributed by atoms with Gasteiger partial charge in [-0.1, -0.05) is 0 Å². The zero-order chi connectivity index (χ0) is 17.9. The summed E-state index contributed by atoms with van der Waals surface area (Å²) in [5, 5.41) is 3.15. The first-order valence-electron chi connectivity index (χ1n) is 8.85. The largest absolute Gasteiger partial charge is 0.357 e. The average molecular weight is 347 g/mol. The molecule has 3 aromatic heterocycles. The Balaban J connectivity index is 1.51. The van der Waals surface area contributed by atoms with Gasteiger partial charge in [0.15, 0.2) is 5.82 Å². The Morgan fingerprint density at radius 2 is 2.27 bits per heavy atom. The minimum atomic E-state index is -0.0158. The Hall–Kier alpha value is -3.02. The van der Waals surface area contributed by atoms with Crippen molar-refractivity contribution in [3.63, 3.8) is 0 Å². The lowest BCUT2D eigenvalue weighted by atomic mass is 9.92. The van der Waals surface area contributed by atoms with Crippen LogP contribution in [0.3, 0.4) is 0 Å². The van der Waals surface area contributed by atoms with Crippen LogP contribution in [0.2, 0.25) is 0 Å². The third-order valence-electron chi connectivity index (χ3n) is 4.69. The van der Waals surface area contributed by atoms with Gasteiger partial charge in [0.05, 0.1) is 12.5 Å². The summed E-state index contributed by atoms with van der Waals surface area (Å²) >= 11 is 0. The van der Waals surface area contributed by atoms with Gasteiger partial charge < -0.3 is 9.88 Å². The molecule has 3 heterocycles. The highest BCUT2D eigenvalue weighted by atomic mass is 16.1. The monoisotopic (exact) mass is 347 g/mol. The van der Waals surface area contributed by atoms with Crippen LogP contribution in [-0.2, 0) is 24.7 Å². The Kier molecular flexibility index (Phi) is 4.48. The van der Waals surface area contributed by atoms with E-state index in [1.165, 1.54) is 0 Å². The number of fused-ring (bicyclic) bond motifs is 1. The zero-order valence-electron chi connectivity index (χ0n) is 14.7. The fourth-order valence-electron chi connectivity index (χ4n) is 3.43. The molecule has 0 fully saturated rings. The second kappa shape index (κ2) is 7.07. The summed E-state index contributed by atoms with van der Waals surface area (Å²) in [6.07, 6.45) is 12.5. The molecule has 4 rings (SSSR count). The molecule has 0 aromatic carbocycles. The average Bonchev–Trinajstić information content (AvgIpc) is 3.07. The second-order valence-corrected chi connectivity index (χ2v) is 6.71. The number of amides is 1. The molecule has 6 nitrogen and oxygen atoms in total. The van der Waals surface area contributed by atoms with E-state index in [4.69, 9.17) is 4.98 Å². The topological polar surface area (TPSA) is 72.7 Å². The minimum absolute atomic E-state index is 0.0158. The maximum atomic E-state index is 12.4. The van der Waals surface area contributed by atoms with Gasteiger partial charge in [0.2, 0.25) is 5.91 Å². The summed E-state index contributed by atoms with van der Waals surface area (Å²) in [5.74, 6) is 0.721. The number of aryl methyl sites for hydroxylation is 2. The summed E-state index contributed by atoms with van der Waals surface area (Å²) < 4.78 is 1.95. The van der Waals surface area contributed by atoms with E-state index < -0.39 is 0 Å². The van der Waals surface area contributed by atoms with E-state index in [1.54, 1.807) is 12.4 Å². The highest BCUT2D eigenvalue weighted by Crippen LogP contribution is 2.29. The van der Waals surface area contributed by atoms with Crippen LogP contribution in [-0.4, -0.2) is 25.4 Å². The normalized spacial score (nSPS) is 16.1. The lowest BCUT2D eigenvalue weighted by Crippen LogP contribution is -2.32. The molecule has 1 aliphatic carbocycles. The molecular formula is C20H21N5O. The van der Waals surface area contributed by atoms with Crippen LogP contribution < -0.4 is 5.32 Å². The van der Waals surface area contributed by atoms with Crippen LogP contribution in [0.4, 0.5) is 0 Å². The third-order valence-corrected chi connectivity index (χ3v) is 4.69. The third kappa shape index (κ3) is 3.49. The van der Waals surface area contributed by atoms with Gasteiger partial charge in [0, 0.05) is 54.9 Å². The number of aromatic nitrogens is 4. The SMILES string of the molecule is Cn1ccc(CC(=O)N[C@H]2CCCc3nc(-c4cccnc4)ncc32)c1. The molecule has 0 bridgehead atoms. The first-order chi connectivity index (χ1) is 12.7. The van der Waals surface area contributed by atoms with Gasteiger partial charge in [-0.05, 0) is 43.0 Å². The van der Waals surface area contributed by atoms with Crippen molar-refractivity contribution in [2.45, 2.75) is 31.7 Å². The summed E-state index contributed by atoms with van der Waals surface area (Å²) in [6.45, 7) is 0. The maximum Gasteiger partial charge on any atom is 0.224 e. The van der Waals surface area contributed by atoms with Crippen molar-refractivity contribution in [1.29, 1.82) is 0 Å². The number of rotatable bonds is 4. The molecule has 6 heteroatoms. The van der Waals surface area contributed by atoms with Crippen molar-refractivity contribution >= 4 is 5.91 Å². The Bertz CT molecular complexity index is 919. The van der Waals surface area contributed by atoms with Crippen LogP contribution in [0.15, 0.2) is 49.2 Å². The lowest BCUT2D eigenvalue weighted by molar-refractivity contribution is -0.121. The van der Waals surface area contributed by atoms with Crippen LogP contribution in [0.5, 0.6) is 0 Å². The first-order valence-corrected chi connectivity index (χ1v) is 8.85. The second-order valence-electron chi connectivity index (χ2n) is 6.71. The molecule has 0 saturated heterocycles. The van der Waals surface area contributed by atoms with Crippen LogP contribution in [0.25, 0.3) is 11.4 Å². The first kappa shape index (κ1) is 16.4. The molecule has 0 spiro atoms. The summed E-state index contributed by atoms with van der Waals surface area (Å²) in [7, 11) is 1.95. The van der Waals surface area contributed by atoms with Gasteiger partial charge in [-0.3, -0.25) is 9.78 Å². The molecule has 1 atom stereocenters. The van der Waals surface area contributed by atoms with E-state index in [9.17, 15) is 4.79 Å². The summed E-state index contributed by atoms with van der Waals surface area (Å²) in [4.78, 5) is 25.8. The van der Waals surface area contributed by atoms with Gasteiger partial charge in [0.25, 0.3) is 0 Å². The molecule has 1 amide bonds. The number of hydrogen-bond donors (Lipinski definition) is 1. The van der Waals surface area contributed by atoms with E-state index in [1.807, 2.05) is 48.4 Å². The Labute approximate surface area is 152 Å². The molecule has 0 saturated carbocycles. The van der Waals surface area contributed by atoms with Gasteiger partial charge >= 0.3 is 0 Å². The summed E-state index contributed by atoms with van der Waals surface area (Å²) in [5.41, 5.74) is 3.98. The zero-order valence-corrected chi connectivity index (χ0v) is 14.7. The number of nitrogens with one attached hydrogen (secondary N) is 1. The van der Waals surface area contributed by atoms with Crippen molar-refractivity contribution < 1.29 is 4.79 Å². The molecule has 1 aliphatic rings. The minimum Gasteiger partial charge on any atom is -0.357 e. The fraction of sp³-hybridized carbons (Fsp3) is 0.300. The standard InChI is InChI=1S/C20H21N5O/c1-25-9-7-14(13-25)10-19(26)23-17-5-2-6-18-16(17)12-22-20(24-18)15-4-3-8-21-11-15/h3-4,7-9,11-13,17H,2,5-6,10H2,1H3,(H,23,26)/t17-/m0/s1. The Morgan fingerprint density at radius 3 is 3.04 bits per heavy atom. The van der Waals surface area contributed by atoms with Gasteiger partial charge in [0.1, 0.15) is 0 Å². The Morgan fingerprint density at radius 1 is 1.35 bits per heavy atom. The van der Waals surface area contributed by atoms with E-state index >= 15 is 0 Å². The van der Waals surface area contributed by atoms with Crippen LogP contribution >= 0.6 is 0 Å². The highest BCUT2D eigenvalue weighted by molar-refractivity contribution is 5.79. The number of carbonyl (C=O) groups excluding carboxylic acids is 1. The smallest absolute Gasteiger partial charge is 0.224 e. The molecule has 0 aliphatic heterocycles. The van der Waals surface area contributed by atoms with E-state index in [0.29, 0.717) is 12.2 Å². The predicted molar refractivity (Wildman–Crippen MR) is 98.2 cm³/mol.